The Morgan fingerprint density at radius 1 is 1.17 bits per heavy atom. The average Bonchev–Trinajstić information content (AvgIpc) is 2.27. The van der Waals surface area contributed by atoms with Crippen molar-refractivity contribution in [1.29, 1.82) is 0 Å². The summed E-state index contributed by atoms with van der Waals surface area (Å²) in [6, 6.07) is 5.93. The minimum atomic E-state index is -0.567. The molecule has 0 fully saturated rings. The van der Waals surface area contributed by atoms with Gasteiger partial charge in [0.15, 0.2) is 0 Å². The number of rotatable bonds is 5. The molecule has 0 radical (unpaired) electrons. The van der Waals surface area contributed by atoms with Crippen molar-refractivity contribution in [2.75, 3.05) is 6.61 Å². The van der Waals surface area contributed by atoms with Gasteiger partial charge in [0, 0.05) is 5.56 Å². The number of carbonyl (C=O) groups excluding carboxylic acids is 1. The van der Waals surface area contributed by atoms with Gasteiger partial charge in [0.2, 0.25) is 5.76 Å². The molecule has 0 N–H and O–H groups in total. The third-order valence-electron chi connectivity index (χ3n) is 2.29. The van der Waals surface area contributed by atoms with E-state index in [0.29, 0.717) is 5.76 Å². The first kappa shape index (κ1) is 14.0. The number of carbonyl (C=O) groups is 1. The van der Waals surface area contributed by atoms with Crippen LogP contribution in [-0.4, -0.2) is 12.6 Å². The maximum Gasteiger partial charge on any atom is 0.373 e. The molecule has 3 nitrogen and oxygen atoms in total. The van der Waals surface area contributed by atoms with Crippen LogP contribution in [-0.2, 0) is 14.3 Å². The molecule has 1 aromatic carbocycles. The van der Waals surface area contributed by atoms with Crippen LogP contribution in [0.1, 0.15) is 23.6 Å². The normalized spacial score (nSPS) is 9.72. The van der Waals surface area contributed by atoms with Crippen molar-refractivity contribution in [3.63, 3.8) is 0 Å². The molecule has 0 spiro atoms. The van der Waals surface area contributed by atoms with Gasteiger partial charge in [-0.25, -0.2) is 4.79 Å². The summed E-state index contributed by atoms with van der Waals surface area (Å²) < 4.78 is 10.1. The summed E-state index contributed by atoms with van der Waals surface area (Å²) in [6.07, 6.45) is 0. The molecule has 1 aromatic rings. The van der Waals surface area contributed by atoms with E-state index in [2.05, 4.69) is 19.2 Å². The molecule has 0 aliphatic rings. The predicted molar refractivity (Wildman–Crippen MR) is 71.8 cm³/mol. The van der Waals surface area contributed by atoms with E-state index in [9.17, 15) is 4.79 Å². The summed E-state index contributed by atoms with van der Waals surface area (Å²) in [4.78, 5) is 11.4. The number of benzene rings is 1. The Kier molecular flexibility index (Phi) is 4.72. The first-order chi connectivity index (χ1) is 8.43. The molecule has 18 heavy (non-hydrogen) atoms. The molecule has 0 bridgehead atoms. The van der Waals surface area contributed by atoms with E-state index < -0.39 is 5.97 Å². The highest BCUT2D eigenvalue weighted by Crippen LogP contribution is 2.20. The molecule has 96 valence electrons. The quantitative estimate of drug-likeness (QED) is 0.454. The molecule has 0 aliphatic heterocycles. The topological polar surface area (TPSA) is 35.5 Å². The zero-order valence-corrected chi connectivity index (χ0v) is 11.1. The Bertz CT molecular complexity index is 466. The lowest BCUT2D eigenvalue weighted by Crippen LogP contribution is -2.09. The molecule has 0 saturated carbocycles. The van der Waals surface area contributed by atoms with Gasteiger partial charge in [-0.15, -0.1) is 0 Å². The van der Waals surface area contributed by atoms with Gasteiger partial charge in [0.1, 0.15) is 5.76 Å². The molecular formula is C15H18O3. The minimum Gasteiger partial charge on any atom is -0.460 e. The van der Waals surface area contributed by atoms with Crippen molar-refractivity contribution in [2.45, 2.75) is 20.8 Å². The fraction of sp³-hybridized carbons (Fsp3) is 0.267. The molecule has 0 heterocycles. The van der Waals surface area contributed by atoms with E-state index in [1.807, 2.05) is 26.0 Å². The van der Waals surface area contributed by atoms with Crippen LogP contribution in [0.15, 0.2) is 37.1 Å². The van der Waals surface area contributed by atoms with Crippen molar-refractivity contribution < 1.29 is 14.3 Å². The SMILES string of the molecule is C=C(OC(=C)c1cc(C)cc(C)c1)C(=O)OCC. The largest absolute Gasteiger partial charge is 0.460 e. The second-order valence-corrected chi connectivity index (χ2v) is 4.05. The number of esters is 1. The minimum absolute atomic E-state index is 0.0546. The monoisotopic (exact) mass is 246 g/mol. The molecular weight excluding hydrogens is 228 g/mol. The Morgan fingerprint density at radius 3 is 2.22 bits per heavy atom. The highest BCUT2D eigenvalue weighted by molar-refractivity contribution is 5.86. The zero-order valence-electron chi connectivity index (χ0n) is 11.1. The van der Waals surface area contributed by atoms with Gasteiger partial charge in [0.05, 0.1) is 6.61 Å². The van der Waals surface area contributed by atoms with Crippen molar-refractivity contribution >= 4 is 11.7 Å². The number of hydrogen-bond donors (Lipinski definition) is 0. The highest BCUT2D eigenvalue weighted by atomic mass is 16.6. The second kappa shape index (κ2) is 6.05. The first-order valence-corrected chi connectivity index (χ1v) is 5.75. The van der Waals surface area contributed by atoms with Crippen molar-refractivity contribution in [3.8, 4) is 0 Å². The lowest BCUT2D eigenvalue weighted by Gasteiger charge is -2.11. The van der Waals surface area contributed by atoms with Gasteiger partial charge in [-0.3, -0.25) is 0 Å². The van der Waals surface area contributed by atoms with E-state index in [1.165, 1.54) is 0 Å². The summed E-state index contributed by atoms with van der Waals surface area (Å²) in [5.74, 6) is -0.233. The van der Waals surface area contributed by atoms with E-state index in [1.54, 1.807) is 6.92 Å². The fourth-order valence-corrected chi connectivity index (χ4v) is 1.60. The van der Waals surface area contributed by atoms with Crippen LogP contribution < -0.4 is 0 Å². The smallest absolute Gasteiger partial charge is 0.373 e. The van der Waals surface area contributed by atoms with Gasteiger partial charge < -0.3 is 9.47 Å². The van der Waals surface area contributed by atoms with E-state index in [-0.39, 0.29) is 12.4 Å². The summed E-state index contributed by atoms with van der Waals surface area (Å²) in [7, 11) is 0. The first-order valence-electron chi connectivity index (χ1n) is 5.75. The third-order valence-corrected chi connectivity index (χ3v) is 2.29. The van der Waals surface area contributed by atoms with E-state index in [4.69, 9.17) is 9.47 Å². The van der Waals surface area contributed by atoms with Crippen LogP contribution >= 0.6 is 0 Å². The van der Waals surface area contributed by atoms with Crippen molar-refractivity contribution in [3.05, 3.63) is 53.8 Å². The summed E-state index contributed by atoms with van der Waals surface area (Å²) >= 11 is 0. The standard InChI is InChI=1S/C15H18O3/c1-6-17-15(16)13(5)18-12(4)14-8-10(2)7-11(3)9-14/h7-9H,4-6H2,1-3H3. The van der Waals surface area contributed by atoms with Crippen LogP contribution in [0.5, 0.6) is 0 Å². The maximum atomic E-state index is 11.4. The van der Waals surface area contributed by atoms with Crippen molar-refractivity contribution in [1.82, 2.24) is 0 Å². The Morgan fingerprint density at radius 2 is 1.72 bits per heavy atom. The van der Waals surface area contributed by atoms with E-state index in [0.717, 1.165) is 16.7 Å². The molecule has 0 amide bonds. The predicted octanol–water partition coefficient (Wildman–Crippen LogP) is 3.37. The second-order valence-electron chi connectivity index (χ2n) is 4.05. The van der Waals surface area contributed by atoms with Crippen LogP contribution in [0, 0.1) is 13.8 Å². The lowest BCUT2D eigenvalue weighted by molar-refractivity contribution is -0.141. The summed E-state index contributed by atoms with van der Waals surface area (Å²) in [5.41, 5.74) is 3.05. The molecule has 1 rings (SSSR count). The molecule has 0 unspecified atom stereocenters. The van der Waals surface area contributed by atoms with Gasteiger partial charge in [-0.2, -0.15) is 0 Å². The number of aryl methyl sites for hydroxylation is 2. The molecule has 3 heteroatoms. The van der Waals surface area contributed by atoms with Crippen LogP contribution in [0.4, 0.5) is 0 Å². The molecule has 0 atom stereocenters. The molecule has 0 aromatic heterocycles. The van der Waals surface area contributed by atoms with Gasteiger partial charge in [-0.1, -0.05) is 23.8 Å². The Hall–Kier alpha value is -2.03. The average molecular weight is 246 g/mol. The fourth-order valence-electron chi connectivity index (χ4n) is 1.60. The highest BCUT2D eigenvalue weighted by Gasteiger charge is 2.12. The molecule has 0 saturated heterocycles. The summed E-state index contributed by atoms with van der Waals surface area (Å²) in [5, 5.41) is 0. The van der Waals surface area contributed by atoms with Crippen LogP contribution in [0.2, 0.25) is 0 Å². The Labute approximate surface area is 108 Å². The van der Waals surface area contributed by atoms with Gasteiger partial charge in [0.25, 0.3) is 0 Å². The van der Waals surface area contributed by atoms with E-state index >= 15 is 0 Å². The van der Waals surface area contributed by atoms with Crippen LogP contribution in [0.25, 0.3) is 5.76 Å². The molecule has 0 aliphatic carbocycles. The number of ether oxygens (including phenoxy) is 2. The number of hydrogen-bond acceptors (Lipinski definition) is 3. The summed E-state index contributed by atoms with van der Waals surface area (Å²) in [6.45, 7) is 13.3. The van der Waals surface area contributed by atoms with Crippen molar-refractivity contribution in [2.24, 2.45) is 0 Å². The van der Waals surface area contributed by atoms with Crippen LogP contribution in [0.3, 0.4) is 0 Å². The lowest BCUT2D eigenvalue weighted by atomic mass is 10.1. The third kappa shape index (κ3) is 3.77. The zero-order chi connectivity index (χ0) is 13.7. The Balaban J connectivity index is 2.76. The van der Waals surface area contributed by atoms with Gasteiger partial charge in [-0.05, 0) is 39.5 Å². The van der Waals surface area contributed by atoms with Gasteiger partial charge >= 0.3 is 5.97 Å². The maximum absolute atomic E-state index is 11.4.